The van der Waals surface area contributed by atoms with Crippen molar-refractivity contribution in [1.29, 1.82) is 0 Å². The number of methoxy groups -OCH3 is 1. The first-order valence-electron chi connectivity index (χ1n) is 6.51. The Morgan fingerprint density at radius 1 is 1.33 bits per heavy atom. The molecule has 0 radical (unpaired) electrons. The normalized spacial score (nSPS) is 23.4. The second kappa shape index (κ2) is 4.81. The molecule has 0 saturated heterocycles. The number of aliphatic hydroxyl groups excluding tert-OH is 1. The van der Waals surface area contributed by atoms with Gasteiger partial charge in [0.15, 0.2) is 0 Å². The highest BCUT2D eigenvalue weighted by molar-refractivity contribution is 7.91. The van der Waals surface area contributed by atoms with Gasteiger partial charge in [0.1, 0.15) is 11.4 Å². The van der Waals surface area contributed by atoms with E-state index >= 15 is 0 Å². The van der Waals surface area contributed by atoms with Gasteiger partial charge < -0.3 is 14.9 Å². The highest BCUT2D eigenvalue weighted by atomic mass is 32.2. The SMILES string of the molecule is COC1CCc2cc(N3C=C(O)NS3(=O)=O)c(O)cc2C1. The highest BCUT2D eigenvalue weighted by Gasteiger charge is 2.32. The van der Waals surface area contributed by atoms with Crippen LogP contribution in [0.4, 0.5) is 5.69 Å². The molecule has 3 rings (SSSR count). The summed E-state index contributed by atoms with van der Waals surface area (Å²) in [6, 6.07) is 3.21. The van der Waals surface area contributed by atoms with E-state index in [2.05, 4.69) is 0 Å². The molecule has 7 nitrogen and oxygen atoms in total. The van der Waals surface area contributed by atoms with Crippen molar-refractivity contribution >= 4 is 15.9 Å². The summed E-state index contributed by atoms with van der Waals surface area (Å²) in [4.78, 5) is 0. The van der Waals surface area contributed by atoms with Crippen LogP contribution in [0.1, 0.15) is 17.5 Å². The molecule has 21 heavy (non-hydrogen) atoms. The van der Waals surface area contributed by atoms with Gasteiger partial charge >= 0.3 is 10.2 Å². The van der Waals surface area contributed by atoms with Gasteiger partial charge in [0.05, 0.1) is 12.3 Å². The van der Waals surface area contributed by atoms with Crippen LogP contribution in [0, 0.1) is 0 Å². The molecule has 0 fully saturated rings. The number of phenolic OH excluding ortho intramolecular Hbond substituents is 1. The van der Waals surface area contributed by atoms with Gasteiger partial charge in [-0.3, -0.25) is 0 Å². The van der Waals surface area contributed by atoms with Gasteiger partial charge in [-0.2, -0.15) is 8.42 Å². The average molecular weight is 312 g/mol. The van der Waals surface area contributed by atoms with Crippen molar-refractivity contribution < 1.29 is 23.4 Å². The molecule has 1 aliphatic heterocycles. The number of hydrogen-bond acceptors (Lipinski definition) is 5. The molecule has 1 aliphatic carbocycles. The van der Waals surface area contributed by atoms with Gasteiger partial charge in [0.25, 0.3) is 0 Å². The number of hydrogen-bond donors (Lipinski definition) is 3. The van der Waals surface area contributed by atoms with Crippen molar-refractivity contribution in [3.8, 4) is 5.75 Å². The number of fused-ring (bicyclic) bond motifs is 1. The maximum atomic E-state index is 11.9. The number of rotatable bonds is 2. The summed E-state index contributed by atoms with van der Waals surface area (Å²) in [5.41, 5.74) is 2.05. The number of benzene rings is 1. The standard InChI is InChI=1S/C13H16N2O5S/c1-20-10-3-2-8-5-11(12(16)6-9(8)4-10)15-7-13(17)14-21(15,18)19/h5-7,10,14,16-17H,2-4H2,1H3. The van der Waals surface area contributed by atoms with E-state index in [0.29, 0.717) is 6.42 Å². The number of aromatic hydroxyl groups is 1. The molecule has 1 heterocycles. The van der Waals surface area contributed by atoms with Crippen LogP contribution in [0.25, 0.3) is 0 Å². The van der Waals surface area contributed by atoms with E-state index in [4.69, 9.17) is 4.74 Å². The van der Waals surface area contributed by atoms with E-state index in [9.17, 15) is 18.6 Å². The van der Waals surface area contributed by atoms with Gasteiger partial charge in [-0.1, -0.05) is 0 Å². The summed E-state index contributed by atoms with van der Waals surface area (Å²) in [6.45, 7) is 0. The van der Waals surface area contributed by atoms with Crippen LogP contribution in [0.15, 0.2) is 24.2 Å². The minimum absolute atomic E-state index is 0.115. The second-order valence-electron chi connectivity index (χ2n) is 5.13. The molecule has 114 valence electrons. The largest absolute Gasteiger partial charge is 0.506 e. The van der Waals surface area contributed by atoms with Crippen LogP contribution in [0.3, 0.4) is 0 Å². The fraction of sp³-hybridized carbons (Fsp3) is 0.385. The van der Waals surface area contributed by atoms with E-state index in [1.165, 1.54) is 0 Å². The number of anilines is 1. The zero-order valence-electron chi connectivity index (χ0n) is 11.4. The lowest BCUT2D eigenvalue weighted by molar-refractivity contribution is 0.0910. The monoisotopic (exact) mass is 312 g/mol. The number of nitrogens with one attached hydrogen (secondary N) is 1. The third-order valence-electron chi connectivity index (χ3n) is 3.78. The topological polar surface area (TPSA) is 99.1 Å². The molecule has 0 spiro atoms. The Labute approximate surface area is 122 Å². The number of phenols is 1. The van der Waals surface area contributed by atoms with E-state index < -0.39 is 16.1 Å². The minimum atomic E-state index is -3.90. The van der Waals surface area contributed by atoms with Crippen LogP contribution in [-0.4, -0.2) is 31.8 Å². The van der Waals surface area contributed by atoms with Gasteiger partial charge in [-0.15, -0.1) is 0 Å². The van der Waals surface area contributed by atoms with Gasteiger partial charge in [0.2, 0.25) is 5.88 Å². The first-order chi connectivity index (χ1) is 9.90. The van der Waals surface area contributed by atoms with Crippen molar-refractivity contribution in [3.63, 3.8) is 0 Å². The van der Waals surface area contributed by atoms with Crippen molar-refractivity contribution in [2.45, 2.75) is 25.4 Å². The Morgan fingerprint density at radius 2 is 2.10 bits per heavy atom. The van der Waals surface area contributed by atoms with Gasteiger partial charge in [-0.25, -0.2) is 9.03 Å². The van der Waals surface area contributed by atoms with Crippen molar-refractivity contribution in [1.82, 2.24) is 4.72 Å². The summed E-state index contributed by atoms with van der Waals surface area (Å²) in [5.74, 6) is -0.631. The zero-order valence-corrected chi connectivity index (χ0v) is 12.2. The molecule has 1 unspecified atom stereocenters. The Kier molecular flexibility index (Phi) is 3.22. The van der Waals surface area contributed by atoms with E-state index in [1.54, 1.807) is 19.2 Å². The Hall–Kier alpha value is -1.93. The second-order valence-corrected chi connectivity index (χ2v) is 6.68. The lowest BCUT2D eigenvalue weighted by Crippen LogP contribution is -2.30. The Morgan fingerprint density at radius 3 is 2.71 bits per heavy atom. The molecule has 3 N–H and O–H groups in total. The van der Waals surface area contributed by atoms with Crippen LogP contribution < -0.4 is 9.03 Å². The van der Waals surface area contributed by atoms with Crippen LogP contribution in [-0.2, 0) is 27.8 Å². The Balaban J connectivity index is 2.02. The maximum Gasteiger partial charge on any atom is 0.330 e. The predicted molar refractivity (Wildman–Crippen MR) is 76.2 cm³/mol. The lowest BCUT2D eigenvalue weighted by atomic mass is 9.89. The number of nitrogens with zero attached hydrogens (tertiary/aromatic N) is 1. The van der Waals surface area contributed by atoms with Gasteiger partial charge in [0, 0.05) is 7.11 Å². The van der Waals surface area contributed by atoms with Crippen molar-refractivity contribution in [3.05, 3.63) is 35.3 Å². The first-order valence-corrected chi connectivity index (χ1v) is 7.95. The molecular formula is C13H16N2O5S. The summed E-state index contributed by atoms with van der Waals surface area (Å²) >= 11 is 0. The van der Waals surface area contributed by atoms with Crippen molar-refractivity contribution in [2.75, 3.05) is 11.4 Å². The third-order valence-corrected chi connectivity index (χ3v) is 5.07. The van der Waals surface area contributed by atoms with E-state index in [-0.39, 0.29) is 17.5 Å². The number of aliphatic hydroxyl groups is 1. The molecule has 1 aromatic rings. The summed E-state index contributed by atoms with van der Waals surface area (Å²) < 4.78 is 31.8. The number of ether oxygens (including phenoxy) is 1. The van der Waals surface area contributed by atoms with E-state index in [0.717, 1.165) is 34.5 Å². The third kappa shape index (κ3) is 2.40. The quantitative estimate of drug-likeness (QED) is 0.754. The van der Waals surface area contributed by atoms with Crippen molar-refractivity contribution in [2.24, 2.45) is 0 Å². The molecule has 2 aliphatic rings. The predicted octanol–water partition coefficient (Wildman–Crippen LogP) is 0.907. The molecule has 0 bridgehead atoms. The van der Waals surface area contributed by atoms with Crippen LogP contribution in [0.2, 0.25) is 0 Å². The Bertz CT molecular complexity index is 714. The summed E-state index contributed by atoms with van der Waals surface area (Å²) in [7, 11) is -2.25. The molecule has 0 amide bonds. The van der Waals surface area contributed by atoms with Crippen LogP contribution in [0.5, 0.6) is 5.75 Å². The minimum Gasteiger partial charge on any atom is -0.506 e. The fourth-order valence-electron chi connectivity index (χ4n) is 2.71. The number of aryl methyl sites for hydroxylation is 1. The smallest absolute Gasteiger partial charge is 0.330 e. The van der Waals surface area contributed by atoms with Gasteiger partial charge in [-0.05, 0) is 42.5 Å². The molecular weight excluding hydrogens is 296 g/mol. The summed E-state index contributed by atoms with van der Waals surface area (Å²) in [6.07, 6.45) is 3.42. The van der Waals surface area contributed by atoms with Crippen LogP contribution >= 0.6 is 0 Å². The molecule has 1 atom stereocenters. The average Bonchev–Trinajstić information content (AvgIpc) is 2.70. The maximum absolute atomic E-state index is 11.9. The zero-order chi connectivity index (χ0) is 15.2. The molecule has 8 heteroatoms. The summed E-state index contributed by atoms with van der Waals surface area (Å²) in [5, 5.41) is 19.4. The lowest BCUT2D eigenvalue weighted by Gasteiger charge is -2.25. The molecule has 0 aromatic heterocycles. The van der Waals surface area contributed by atoms with E-state index in [1.807, 2.05) is 4.72 Å². The molecule has 1 aromatic carbocycles. The highest BCUT2D eigenvalue weighted by Crippen LogP contribution is 2.37. The molecule has 0 saturated carbocycles. The first kappa shape index (κ1) is 14.0. The fourth-order valence-corrected chi connectivity index (χ4v) is 3.77.